The molecule has 1 aromatic heterocycles. The first-order valence-corrected chi connectivity index (χ1v) is 7.60. The van der Waals surface area contributed by atoms with Gasteiger partial charge in [-0.25, -0.2) is 4.79 Å². The molecule has 1 aromatic carbocycles. The minimum Gasteiger partial charge on any atom is -0.478 e. The van der Waals surface area contributed by atoms with Crippen molar-refractivity contribution in [2.45, 2.75) is 19.4 Å². The van der Waals surface area contributed by atoms with Gasteiger partial charge in [0.2, 0.25) is 0 Å². The van der Waals surface area contributed by atoms with Crippen molar-refractivity contribution in [3.05, 3.63) is 47.8 Å². The van der Waals surface area contributed by atoms with Gasteiger partial charge in [0, 0.05) is 31.4 Å². The molecular formula is C16H18N4O3. The second kappa shape index (κ2) is 6.60. The predicted molar refractivity (Wildman–Crippen MR) is 82.1 cm³/mol. The summed E-state index contributed by atoms with van der Waals surface area (Å²) in [4.78, 5) is 25.3. The summed E-state index contributed by atoms with van der Waals surface area (Å²) in [6, 6.07) is 6.08. The highest BCUT2D eigenvalue weighted by atomic mass is 16.4. The first kappa shape index (κ1) is 15.2. The number of carbonyl (C=O) groups is 2. The topological polar surface area (TPSA) is 88.3 Å². The molecule has 1 fully saturated rings. The minimum absolute atomic E-state index is 0.0507. The second-order valence-corrected chi connectivity index (χ2v) is 5.77. The van der Waals surface area contributed by atoms with Gasteiger partial charge < -0.3 is 10.0 Å². The molecule has 1 atom stereocenters. The van der Waals surface area contributed by atoms with Crippen molar-refractivity contribution in [3.8, 4) is 0 Å². The van der Waals surface area contributed by atoms with Crippen LogP contribution in [0.25, 0.3) is 0 Å². The van der Waals surface area contributed by atoms with Crippen molar-refractivity contribution < 1.29 is 14.7 Å². The average Bonchev–Trinajstić information content (AvgIpc) is 3.07. The first-order valence-electron chi connectivity index (χ1n) is 7.60. The van der Waals surface area contributed by atoms with E-state index >= 15 is 0 Å². The molecule has 0 bridgehead atoms. The molecule has 0 radical (unpaired) electrons. The number of rotatable bonds is 4. The number of nitrogens with zero attached hydrogens (tertiary/aromatic N) is 4. The van der Waals surface area contributed by atoms with Crippen LogP contribution in [0.3, 0.4) is 0 Å². The summed E-state index contributed by atoms with van der Waals surface area (Å²) in [5.41, 5.74) is 0.709. The van der Waals surface area contributed by atoms with Crippen LogP contribution in [0.1, 0.15) is 33.6 Å². The maximum atomic E-state index is 12.6. The molecule has 1 N–H and O–H groups in total. The van der Waals surface area contributed by atoms with Gasteiger partial charge in [0.1, 0.15) is 0 Å². The smallest absolute Gasteiger partial charge is 0.335 e. The van der Waals surface area contributed by atoms with Gasteiger partial charge in [-0.05, 0) is 43.0 Å². The Bertz CT molecular complexity index is 682. The lowest BCUT2D eigenvalue weighted by atomic mass is 9.97. The maximum Gasteiger partial charge on any atom is 0.335 e. The van der Waals surface area contributed by atoms with E-state index in [-0.39, 0.29) is 11.5 Å². The number of aromatic nitrogens is 3. The molecule has 7 nitrogen and oxygen atoms in total. The fourth-order valence-corrected chi connectivity index (χ4v) is 2.93. The highest BCUT2D eigenvalue weighted by Crippen LogP contribution is 2.20. The molecule has 0 aliphatic carbocycles. The predicted octanol–water partition coefficient (Wildman–Crippen LogP) is 1.53. The van der Waals surface area contributed by atoms with Gasteiger partial charge in [-0.1, -0.05) is 5.21 Å². The zero-order valence-corrected chi connectivity index (χ0v) is 12.6. The van der Waals surface area contributed by atoms with Crippen LogP contribution in [-0.2, 0) is 6.54 Å². The number of hydrogen-bond donors (Lipinski definition) is 1. The van der Waals surface area contributed by atoms with E-state index in [2.05, 4.69) is 10.3 Å². The number of carboxylic acid groups (broad SMARTS) is 1. The lowest BCUT2D eigenvalue weighted by Gasteiger charge is -2.32. The molecule has 7 heteroatoms. The molecule has 120 valence electrons. The van der Waals surface area contributed by atoms with Gasteiger partial charge in [-0.3, -0.25) is 9.48 Å². The lowest BCUT2D eigenvalue weighted by molar-refractivity contribution is 0.0655. The van der Waals surface area contributed by atoms with E-state index in [9.17, 15) is 9.59 Å². The van der Waals surface area contributed by atoms with Gasteiger partial charge >= 0.3 is 5.97 Å². The maximum absolute atomic E-state index is 12.6. The summed E-state index contributed by atoms with van der Waals surface area (Å²) in [5, 5.41) is 16.7. The molecule has 0 spiro atoms. The van der Waals surface area contributed by atoms with Crippen LogP contribution in [0.5, 0.6) is 0 Å². The van der Waals surface area contributed by atoms with Gasteiger partial charge in [0.25, 0.3) is 5.91 Å². The fourth-order valence-electron chi connectivity index (χ4n) is 2.93. The quantitative estimate of drug-likeness (QED) is 0.924. The summed E-state index contributed by atoms with van der Waals surface area (Å²) in [6.07, 6.45) is 5.49. The summed E-state index contributed by atoms with van der Waals surface area (Å²) in [5.74, 6) is -0.687. The number of hydrogen-bond acceptors (Lipinski definition) is 4. The zero-order chi connectivity index (χ0) is 16.2. The SMILES string of the molecule is O=C(O)c1ccc(C(=O)N2CCCC(Cn3ccnn3)C2)cc1. The second-order valence-electron chi connectivity index (χ2n) is 5.77. The van der Waals surface area contributed by atoms with Crippen LogP contribution in [-0.4, -0.2) is 50.0 Å². The Kier molecular flexibility index (Phi) is 4.36. The third-order valence-corrected chi connectivity index (χ3v) is 4.10. The van der Waals surface area contributed by atoms with Gasteiger partial charge in [0.15, 0.2) is 0 Å². The van der Waals surface area contributed by atoms with E-state index in [0.29, 0.717) is 18.0 Å². The monoisotopic (exact) mass is 314 g/mol. The van der Waals surface area contributed by atoms with E-state index in [1.54, 1.807) is 23.0 Å². The van der Waals surface area contributed by atoms with Crippen molar-refractivity contribution in [1.29, 1.82) is 0 Å². The van der Waals surface area contributed by atoms with Crippen LogP contribution in [0, 0.1) is 5.92 Å². The van der Waals surface area contributed by atoms with Crippen LogP contribution < -0.4 is 0 Å². The Morgan fingerprint density at radius 2 is 1.96 bits per heavy atom. The number of benzene rings is 1. The van der Waals surface area contributed by atoms with Gasteiger partial charge in [-0.2, -0.15) is 0 Å². The largest absolute Gasteiger partial charge is 0.478 e. The molecule has 2 aromatic rings. The Morgan fingerprint density at radius 3 is 2.61 bits per heavy atom. The van der Waals surface area contributed by atoms with Crippen molar-refractivity contribution in [3.63, 3.8) is 0 Å². The molecule has 0 saturated carbocycles. The molecule has 1 amide bonds. The van der Waals surface area contributed by atoms with E-state index < -0.39 is 5.97 Å². The molecule has 2 heterocycles. The van der Waals surface area contributed by atoms with Gasteiger partial charge in [0.05, 0.1) is 11.8 Å². The van der Waals surface area contributed by atoms with E-state index in [4.69, 9.17) is 5.11 Å². The van der Waals surface area contributed by atoms with Crippen molar-refractivity contribution in [2.24, 2.45) is 5.92 Å². The third-order valence-electron chi connectivity index (χ3n) is 4.10. The summed E-state index contributed by atoms with van der Waals surface area (Å²) < 4.78 is 1.79. The third kappa shape index (κ3) is 3.56. The Morgan fingerprint density at radius 1 is 1.22 bits per heavy atom. The molecule has 1 saturated heterocycles. The van der Waals surface area contributed by atoms with E-state index in [0.717, 1.165) is 25.9 Å². The van der Waals surface area contributed by atoms with E-state index in [1.165, 1.54) is 12.1 Å². The van der Waals surface area contributed by atoms with Crippen molar-refractivity contribution in [1.82, 2.24) is 19.9 Å². The number of aromatic carboxylic acids is 1. The zero-order valence-electron chi connectivity index (χ0n) is 12.6. The van der Waals surface area contributed by atoms with Crippen molar-refractivity contribution in [2.75, 3.05) is 13.1 Å². The van der Waals surface area contributed by atoms with Crippen molar-refractivity contribution >= 4 is 11.9 Å². The minimum atomic E-state index is -0.991. The van der Waals surface area contributed by atoms with Crippen LogP contribution in [0.4, 0.5) is 0 Å². The molecule has 23 heavy (non-hydrogen) atoms. The summed E-state index contributed by atoms with van der Waals surface area (Å²) >= 11 is 0. The summed E-state index contributed by atoms with van der Waals surface area (Å²) in [6.45, 7) is 2.16. The molecule has 1 aliphatic heterocycles. The van der Waals surface area contributed by atoms with Crippen LogP contribution in [0.2, 0.25) is 0 Å². The lowest BCUT2D eigenvalue weighted by Crippen LogP contribution is -2.41. The first-order chi connectivity index (χ1) is 11.1. The normalized spacial score (nSPS) is 17.9. The van der Waals surface area contributed by atoms with Crippen LogP contribution in [0.15, 0.2) is 36.7 Å². The summed E-state index contributed by atoms with van der Waals surface area (Å²) in [7, 11) is 0. The molecular weight excluding hydrogens is 296 g/mol. The number of carbonyl (C=O) groups excluding carboxylic acids is 1. The Labute approximate surface area is 133 Å². The Balaban J connectivity index is 1.65. The van der Waals surface area contributed by atoms with Gasteiger partial charge in [-0.15, -0.1) is 5.10 Å². The molecule has 3 rings (SSSR count). The Hall–Kier alpha value is -2.70. The van der Waals surface area contributed by atoms with E-state index in [1.807, 2.05) is 11.1 Å². The van der Waals surface area contributed by atoms with Crippen LogP contribution >= 0.6 is 0 Å². The standard InChI is InChI=1S/C16H18N4O3/c21-15(13-3-5-14(6-4-13)16(22)23)19-8-1-2-12(10-19)11-20-9-7-17-18-20/h3-7,9,12H,1-2,8,10-11H2,(H,22,23). The molecule has 1 unspecified atom stereocenters. The number of amides is 1. The molecule has 1 aliphatic rings. The highest BCUT2D eigenvalue weighted by molar-refractivity contribution is 5.95. The average molecular weight is 314 g/mol. The fraction of sp³-hybridized carbons (Fsp3) is 0.375. The number of carboxylic acids is 1. The number of piperidine rings is 1. The highest BCUT2D eigenvalue weighted by Gasteiger charge is 2.25. The number of likely N-dealkylation sites (tertiary alicyclic amines) is 1.